The predicted octanol–water partition coefficient (Wildman–Crippen LogP) is 2.67. The van der Waals surface area contributed by atoms with Gasteiger partial charge in [0.05, 0.1) is 6.10 Å². The summed E-state index contributed by atoms with van der Waals surface area (Å²) >= 11 is 0. The molecule has 0 amide bonds. The van der Waals surface area contributed by atoms with E-state index in [1.54, 1.807) is 6.42 Å². The zero-order valence-corrected chi connectivity index (χ0v) is 10.2. The molecule has 10 atom stereocenters. The number of hydrogen-bond donors (Lipinski definition) is 0. The van der Waals surface area contributed by atoms with Gasteiger partial charge in [-0.05, 0) is 47.5 Å². The van der Waals surface area contributed by atoms with Crippen LogP contribution in [-0.4, -0.2) is 6.10 Å². The topological polar surface area (TPSA) is 9.23 Å². The van der Waals surface area contributed by atoms with Crippen molar-refractivity contribution in [3.63, 3.8) is 0 Å². The van der Waals surface area contributed by atoms with Gasteiger partial charge < -0.3 is 4.74 Å². The van der Waals surface area contributed by atoms with Gasteiger partial charge in [0.1, 0.15) is 5.60 Å². The number of hydrogen-bond acceptors (Lipinski definition) is 1. The van der Waals surface area contributed by atoms with Crippen molar-refractivity contribution in [3.8, 4) is 0 Å². The predicted molar refractivity (Wildman–Crippen MR) is 65.5 cm³/mol. The lowest BCUT2D eigenvalue weighted by Gasteiger charge is -2.46. The first-order valence-corrected chi connectivity index (χ1v) is 7.66. The van der Waals surface area contributed by atoms with Crippen molar-refractivity contribution in [1.29, 1.82) is 0 Å². The van der Waals surface area contributed by atoms with Crippen molar-refractivity contribution >= 4 is 0 Å². The van der Waals surface area contributed by atoms with Crippen LogP contribution in [0.2, 0.25) is 0 Å². The second kappa shape index (κ2) is 2.10. The second-order valence-electron chi connectivity index (χ2n) is 7.67. The van der Waals surface area contributed by atoms with Gasteiger partial charge in [-0.2, -0.15) is 0 Å². The van der Waals surface area contributed by atoms with Gasteiger partial charge in [0.25, 0.3) is 0 Å². The molecule has 1 aromatic carbocycles. The van der Waals surface area contributed by atoms with Crippen molar-refractivity contribution in [2.45, 2.75) is 18.1 Å². The van der Waals surface area contributed by atoms with Crippen LogP contribution in [0.15, 0.2) is 30.3 Å². The highest BCUT2D eigenvalue weighted by Gasteiger charge is 2.92. The molecule has 8 rings (SSSR count). The third-order valence-corrected chi connectivity index (χ3v) is 7.93. The molecule has 0 radical (unpaired) electrons. The van der Waals surface area contributed by atoms with Crippen LogP contribution in [-0.2, 0) is 10.3 Å². The molecule has 2 saturated heterocycles. The zero-order valence-electron chi connectivity index (χ0n) is 10.2. The van der Waals surface area contributed by atoms with E-state index in [1.807, 2.05) is 0 Å². The molecule has 4 bridgehead atoms. The number of benzene rings is 1. The molecule has 5 aliphatic carbocycles. The molecule has 5 saturated carbocycles. The van der Waals surface area contributed by atoms with E-state index in [2.05, 4.69) is 30.3 Å². The van der Waals surface area contributed by atoms with Crippen LogP contribution < -0.4 is 0 Å². The molecule has 1 nitrogen and oxygen atoms in total. The fraction of sp³-hybridized carbons (Fsp3) is 0.647. The summed E-state index contributed by atoms with van der Waals surface area (Å²) in [6.45, 7) is 0. The zero-order chi connectivity index (χ0) is 11.2. The van der Waals surface area contributed by atoms with Crippen LogP contribution in [0.25, 0.3) is 0 Å². The lowest BCUT2D eigenvalue weighted by molar-refractivity contribution is -0.0356. The summed E-state index contributed by atoms with van der Waals surface area (Å²) in [7, 11) is 0. The summed E-state index contributed by atoms with van der Waals surface area (Å²) in [6, 6.07) is 11.2. The highest BCUT2D eigenvalue weighted by Crippen LogP contribution is 2.92. The molecular weight excluding hydrogens is 220 g/mol. The Morgan fingerprint density at radius 2 is 1.78 bits per heavy atom. The molecule has 2 heterocycles. The standard InChI is InChI=1S/C17H16O/c1-2-4-7(5-3-1)17-14-9-6-8-10-11(9)15(17)13(10)16(18-17)12(8)14/h1-5,8-16H,6H2/t8-,9+,10-,11+,12-,13+,14-,15+,16+,17-/m0/s1. The van der Waals surface area contributed by atoms with Crippen molar-refractivity contribution in [2.24, 2.45) is 47.3 Å². The Bertz CT molecular complexity index is 585. The van der Waals surface area contributed by atoms with E-state index in [-0.39, 0.29) is 5.60 Å². The molecule has 90 valence electrons. The average Bonchev–Trinajstić information content (AvgIpc) is 3.01. The first-order chi connectivity index (χ1) is 8.93. The molecular formula is C17H16O. The maximum absolute atomic E-state index is 6.74. The summed E-state index contributed by atoms with van der Waals surface area (Å²) in [6.07, 6.45) is 2.23. The van der Waals surface area contributed by atoms with Crippen LogP contribution in [0.3, 0.4) is 0 Å². The summed E-state index contributed by atoms with van der Waals surface area (Å²) in [4.78, 5) is 0. The Balaban J connectivity index is 1.58. The third kappa shape index (κ3) is 0.499. The molecule has 7 fully saturated rings. The molecule has 0 spiro atoms. The van der Waals surface area contributed by atoms with Crippen molar-refractivity contribution in [3.05, 3.63) is 35.9 Å². The number of rotatable bonds is 1. The largest absolute Gasteiger partial charge is 0.366 e. The second-order valence-corrected chi connectivity index (χ2v) is 7.67. The van der Waals surface area contributed by atoms with Crippen LogP contribution in [0.5, 0.6) is 0 Å². The highest BCUT2D eigenvalue weighted by atomic mass is 16.5. The van der Waals surface area contributed by atoms with Crippen LogP contribution in [0, 0.1) is 47.3 Å². The van der Waals surface area contributed by atoms with E-state index < -0.39 is 0 Å². The Labute approximate surface area is 107 Å². The minimum Gasteiger partial charge on any atom is -0.366 e. The van der Waals surface area contributed by atoms with Crippen molar-refractivity contribution in [2.75, 3.05) is 0 Å². The van der Waals surface area contributed by atoms with E-state index >= 15 is 0 Å². The molecule has 0 aromatic heterocycles. The maximum atomic E-state index is 6.74. The Hall–Kier alpha value is -0.820. The lowest BCUT2D eigenvalue weighted by Crippen LogP contribution is -2.47. The van der Waals surface area contributed by atoms with Gasteiger partial charge in [0.2, 0.25) is 0 Å². The Morgan fingerprint density at radius 3 is 2.67 bits per heavy atom. The fourth-order valence-corrected chi connectivity index (χ4v) is 8.17. The fourth-order valence-electron chi connectivity index (χ4n) is 8.17. The molecule has 18 heavy (non-hydrogen) atoms. The molecule has 0 N–H and O–H groups in total. The summed E-state index contributed by atoms with van der Waals surface area (Å²) in [5, 5.41) is 0. The van der Waals surface area contributed by atoms with Gasteiger partial charge in [0.15, 0.2) is 0 Å². The van der Waals surface area contributed by atoms with E-state index in [1.165, 1.54) is 5.56 Å². The summed E-state index contributed by atoms with van der Waals surface area (Å²) in [5.41, 5.74) is 1.70. The maximum Gasteiger partial charge on any atom is 0.100 e. The monoisotopic (exact) mass is 236 g/mol. The SMILES string of the molecule is c1ccc([C@@]23O[C@H]4[C@@H]5[C@H]6[C@@H]7C[C@H]([C@H]6[C@H]52)[C@H]3[C@H]74)cc1. The van der Waals surface area contributed by atoms with Crippen LogP contribution >= 0.6 is 0 Å². The Kier molecular flexibility index (Phi) is 0.975. The highest BCUT2D eigenvalue weighted by molar-refractivity contribution is 5.44. The van der Waals surface area contributed by atoms with E-state index in [0.29, 0.717) is 6.10 Å². The van der Waals surface area contributed by atoms with Gasteiger partial charge in [-0.15, -0.1) is 0 Å². The molecule has 1 heteroatoms. The van der Waals surface area contributed by atoms with Gasteiger partial charge in [0, 0.05) is 11.8 Å². The van der Waals surface area contributed by atoms with Gasteiger partial charge in [-0.3, -0.25) is 0 Å². The van der Waals surface area contributed by atoms with E-state index in [9.17, 15) is 0 Å². The smallest absolute Gasteiger partial charge is 0.100 e. The minimum atomic E-state index is 0.179. The molecule has 2 aliphatic heterocycles. The summed E-state index contributed by atoms with van der Waals surface area (Å²) < 4.78 is 6.74. The quantitative estimate of drug-likeness (QED) is 0.728. The summed E-state index contributed by atoms with van der Waals surface area (Å²) in [5.74, 6) is 8.01. The van der Waals surface area contributed by atoms with Gasteiger partial charge >= 0.3 is 0 Å². The average molecular weight is 236 g/mol. The first kappa shape index (κ1) is 8.37. The normalized spacial score (nSPS) is 70.6. The first-order valence-electron chi connectivity index (χ1n) is 7.66. The van der Waals surface area contributed by atoms with Gasteiger partial charge in [-0.25, -0.2) is 0 Å². The molecule has 0 unspecified atom stereocenters. The van der Waals surface area contributed by atoms with Crippen LogP contribution in [0.1, 0.15) is 12.0 Å². The molecule has 1 aromatic rings. The third-order valence-electron chi connectivity index (χ3n) is 7.93. The minimum absolute atomic E-state index is 0.179. The van der Waals surface area contributed by atoms with Crippen molar-refractivity contribution < 1.29 is 4.74 Å². The number of ether oxygens (including phenoxy) is 1. The van der Waals surface area contributed by atoms with E-state index in [4.69, 9.17) is 4.74 Å². The Morgan fingerprint density at radius 1 is 0.889 bits per heavy atom. The lowest BCUT2D eigenvalue weighted by atomic mass is 9.56. The van der Waals surface area contributed by atoms with E-state index in [0.717, 1.165) is 47.3 Å². The van der Waals surface area contributed by atoms with Crippen LogP contribution in [0.4, 0.5) is 0 Å². The van der Waals surface area contributed by atoms with Crippen molar-refractivity contribution in [1.82, 2.24) is 0 Å². The molecule has 7 aliphatic rings. The van der Waals surface area contributed by atoms with Gasteiger partial charge in [-0.1, -0.05) is 30.3 Å².